The zero-order chi connectivity index (χ0) is 18.2. The van der Waals surface area contributed by atoms with E-state index in [1.54, 1.807) is 12.1 Å². The van der Waals surface area contributed by atoms with Crippen molar-refractivity contribution in [2.45, 2.75) is 24.9 Å². The molecule has 0 unspecified atom stereocenters. The number of anilines is 1. The Balaban J connectivity index is 1.75. The molecule has 0 aliphatic carbocycles. The Morgan fingerprint density at radius 2 is 1.80 bits per heavy atom. The number of carboxylic acid groups (broad SMARTS) is 1. The number of halogens is 4. The lowest BCUT2D eigenvalue weighted by Gasteiger charge is -2.31. The molecule has 0 atom stereocenters. The van der Waals surface area contributed by atoms with Crippen LogP contribution in [0.2, 0.25) is 0 Å². The molecule has 0 radical (unpaired) electrons. The van der Waals surface area contributed by atoms with Crippen molar-refractivity contribution in [3.05, 3.63) is 47.1 Å². The average molecular weight is 358 g/mol. The number of hydrogen-bond donors (Lipinski definition) is 1. The van der Waals surface area contributed by atoms with Crippen LogP contribution in [0.15, 0.2) is 28.7 Å². The van der Waals surface area contributed by atoms with Crippen molar-refractivity contribution in [3.63, 3.8) is 0 Å². The van der Waals surface area contributed by atoms with E-state index < -0.39 is 23.6 Å². The molecule has 0 bridgehead atoms. The van der Waals surface area contributed by atoms with E-state index in [1.807, 2.05) is 0 Å². The topological polar surface area (TPSA) is 66.6 Å². The number of aromatic carboxylic acids is 1. The third-order valence-electron chi connectivity index (χ3n) is 4.19. The van der Waals surface area contributed by atoms with E-state index in [9.17, 15) is 22.4 Å². The summed E-state index contributed by atoms with van der Waals surface area (Å²) >= 11 is 0. The van der Waals surface area contributed by atoms with E-state index in [0.29, 0.717) is 25.9 Å². The standard InChI is InChI=1S/C16H14F4N2O3/c17-11-3-1-9(2-4-11)10-5-7-22(8-6-10)15-21-13(16(18,19)20)12(25-15)14(23)24/h1-4,10H,5-8H2,(H,23,24). The van der Waals surface area contributed by atoms with E-state index in [0.717, 1.165) is 5.56 Å². The van der Waals surface area contributed by atoms with Crippen LogP contribution in [0, 0.1) is 5.82 Å². The van der Waals surface area contributed by atoms with E-state index in [1.165, 1.54) is 17.0 Å². The van der Waals surface area contributed by atoms with Gasteiger partial charge in [-0.05, 0) is 36.5 Å². The molecule has 1 aromatic carbocycles. The van der Waals surface area contributed by atoms with Crippen LogP contribution in [0.25, 0.3) is 0 Å². The lowest BCUT2D eigenvalue weighted by molar-refractivity contribution is -0.141. The monoisotopic (exact) mass is 358 g/mol. The zero-order valence-electron chi connectivity index (χ0n) is 12.9. The van der Waals surface area contributed by atoms with Gasteiger partial charge in [0.05, 0.1) is 0 Å². The van der Waals surface area contributed by atoms with Crippen LogP contribution in [-0.4, -0.2) is 29.1 Å². The van der Waals surface area contributed by atoms with Crippen molar-refractivity contribution in [2.24, 2.45) is 0 Å². The third kappa shape index (κ3) is 3.59. The van der Waals surface area contributed by atoms with Gasteiger partial charge in [-0.25, -0.2) is 9.18 Å². The van der Waals surface area contributed by atoms with Crippen molar-refractivity contribution in [1.29, 1.82) is 0 Å². The minimum Gasteiger partial charge on any atom is -0.475 e. The highest BCUT2D eigenvalue weighted by molar-refractivity contribution is 5.86. The van der Waals surface area contributed by atoms with Gasteiger partial charge in [0.15, 0.2) is 5.69 Å². The molecular weight excluding hydrogens is 344 g/mol. The third-order valence-corrected chi connectivity index (χ3v) is 4.19. The molecule has 1 fully saturated rings. The van der Waals surface area contributed by atoms with Crippen LogP contribution in [0.3, 0.4) is 0 Å². The molecule has 0 spiro atoms. The summed E-state index contributed by atoms with van der Waals surface area (Å²) in [6.45, 7) is 0.720. The summed E-state index contributed by atoms with van der Waals surface area (Å²) in [6, 6.07) is 5.76. The quantitative estimate of drug-likeness (QED) is 0.843. The van der Waals surface area contributed by atoms with Gasteiger partial charge in [0.2, 0.25) is 5.76 Å². The molecule has 1 aliphatic heterocycles. The molecule has 0 saturated carbocycles. The number of carboxylic acids is 1. The Labute approximate surface area is 139 Å². The SMILES string of the molecule is O=C(O)c1oc(N2CCC(c3ccc(F)cc3)CC2)nc1C(F)(F)F. The molecule has 5 nitrogen and oxygen atoms in total. The average Bonchev–Trinajstić information content (AvgIpc) is 3.02. The van der Waals surface area contributed by atoms with Crippen LogP contribution < -0.4 is 4.90 Å². The Kier molecular flexibility index (Phi) is 4.40. The Morgan fingerprint density at radius 1 is 1.20 bits per heavy atom. The van der Waals surface area contributed by atoms with Gasteiger partial charge in [-0.15, -0.1) is 0 Å². The van der Waals surface area contributed by atoms with Gasteiger partial charge < -0.3 is 14.4 Å². The predicted octanol–water partition coefficient (Wildman–Crippen LogP) is 3.91. The smallest absolute Gasteiger partial charge is 0.437 e. The number of alkyl halides is 3. The summed E-state index contributed by atoms with van der Waals surface area (Å²) in [4.78, 5) is 15.8. The number of carbonyl (C=O) groups is 1. The van der Waals surface area contributed by atoms with Gasteiger partial charge in [0.1, 0.15) is 5.82 Å². The fourth-order valence-electron chi connectivity index (χ4n) is 2.92. The Morgan fingerprint density at radius 3 is 2.28 bits per heavy atom. The second-order valence-electron chi connectivity index (χ2n) is 5.79. The van der Waals surface area contributed by atoms with Gasteiger partial charge in [-0.2, -0.15) is 18.2 Å². The highest BCUT2D eigenvalue weighted by Crippen LogP contribution is 2.36. The first kappa shape index (κ1) is 17.2. The number of aromatic nitrogens is 1. The number of rotatable bonds is 3. The van der Waals surface area contributed by atoms with E-state index in [-0.39, 0.29) is 17.7 Å². The first-order valence-corrected chi connectivity index (χ1v) is 7.57. The largest absolute Gasteiger partial charge is 0.475 e. The van der Waals surface area contributed by atoms with Crippen LogP contribution in [0.5, 0.6) is 0 Å². The second kappa shape index (κ2) is 6.38. The first-order valence-electron chi connectivity index (χ1n) is 7.57. The van der Waals surface area contributed by atoms with Crippen LogP contribution >= 0.6 is 0 Å². The molecule has 1 aliphatic rings. The van der Waals surface area contributed by atoms with Gasteiger partial charge in [0, 0.05) is 13.1 Å². The lowest BCUT2D eigenvalue weighted by atomic mass is 9.89. The van der Waals surface area contributed by atoms with Crippen LogP contribution in [0.4, 0.5) is 23.6 Å². The van der Waals surface area contributed by atoms with Gasteiger partial charge >= 0.3 is 12.1 Å². The molecule has 134 valence electrons. The highest BCUT2D eigenvalue weighted by Gasteiger charge is 2.42. The first-order chi connectivity index (χ1) is 11.8. The van der Waals surface area contributed by atoms with Crippen molar-refractivity contribution >= 4 is 12.0 Å². The number of benzene rings is 1. The summed E-state index contributed by atoms with van der Waals surface area (Å²) in [5.41, 5.74) is -0.577. The number of hydrogen-bond acceptors (Lipinski definition) is 4. The minimum atomic E-state index is -4.90. The summed E-state index contributed by atoms with van der Waals surface area (Å²) in [6.07, 6.45) is -3.68. The van der Waals surface area contributed by atoms with E-state index >= 15 is 0 Å². The Hall–Kier alpha value is -2.58. The van der Waals surface area contributed by atoms with Crippen molar-refractivity contribution < 1.29 is 31.9 Å². The maximum Gasteiger partial charge on any atom is 0.437 e. The molecular formula is C16H14F4N2O3. The molecule has 9 heteroatoms. The number of oxazole rings is 1. The highest BCUT2D eigenvalue weighted by atomic mass is 19.4. The molecule has 1 N–H and O–H groups in total. The maximum absolute atomic E-state index is 13.0. The van der Waals surface area contributed by atoms with Crippen molar-refractivity contribution in [3.8, 4) is 0 Å². The minimum absolute atomic E-state index is 0.146. The van der Waals surface area contributed by atoms with Crippen LogP contribution in [-0.2, 0) is 6.18 Å². The zero-order valence-corrected chi connectivity index (χ0v) is 12.9. The molecule has 1 aromatic heterocycles. The van der Waals surface area contributed by atoms with E-state index in [2.05, 4.69) is 4.98 Å². The normalized spacial score (nSPS) is 16.2. The van der Waals surface area contributed by atoms with Gasteiger partial charge in [-0.1, -0.05) is 12.1 Å². The summed E-state index contributed by atoms with van der Waals surface area (Å²) in [5.74, 6) is -3.20. The predicted molar refractivity (Wildman–Crippen MR) is 79.1 cm³/mol. The molecule has 3 rings (SSSR count). The maximum atomic E-state index is 13.0. The fraction of sp³-hybridized carbons (Fsp3) is 0.375. The molecule has 1 saturated heterocycles. The Bertz CT molecular complexity index is 763. The fourth-order valence-corrected chi connectivity index (χ4v) is 2.92. The van der Waals surface area contributed by atoms with Crippen molar-refractivity contribution in [2.75, 3.05) is 18.0 Å². The van der Waals surface area contributed by atoms with Crippen LogP contribution in [0.1, 0.15) is 40.6 Å². The number of nitrogens with zero attached hydrogens (tertiary/aromatic N) is 2. The lowest BCUT2D eigenvalue weighted by Crippen LogP contribution is -2.33. The summed E-state index contributed by atoms with van der Waals surface area (Å²) in [5, 5.41) is 8.87. The second-order valence-corrected chi connectivity index (χ2v) is 5.79. The molecule has 25 heavy (non-hydrogen) atoms. The molecule has 0 amide bonds. The van der Waals surface area contributed by atoms with Gasteiger partial charge in [-0.3, -0.25) is 0 Å². The molecule has 2 aromatic rings. The van der Waals surface area contributed by atoms with Crippen molar-refractivity contribution in [1.82, 2.24) is 4.98 Å². The molecule has 2 heterocycles. The number of piperidine rings is 1. The van der Waals surface area contributed by atoms with Gasteiger partial charge in [0.25, 0.3) is 6.01 Å². The summed E-state index contributed by atoms with van der Waals surface area (Å²) < 4.78 is 56.4. The summed E-state index contributed by atoms with van der Waals surface area (Å²) in [7, 11) is 0. The van der Waals surface area contributed by atoms with E-state index in [4.69, 9.17) is 9.52 Å².